The molecule has 0 radical (unpaired) electrons. The normalized spacial score (nSPS) is 19.6. The van der Waals surface area contributed by atoms with Gasteiger partial charge in [-0.3, -0.25) is 19.6 Å². The topological polar surface area (TPSA) is 115 Å². The third-order valence-electron chi connectivity index (χ3n) is 9.64. The van der Waals surface area contributed by atoms with Gasteiger partial charge in [-0.15, -0.1) is 12.4 Å². The SMILES string of the molecule is CCOc1cc(C)c(S(=O)(=O)N(C)C)cc1C1=N[C@@H](c2ccc(Cl)cc2)[C@@H](c2ccc(Cl)cc2)N1C(=O)N1CCN(CC(=O)N2CCOCC2)CC1.Cl. The number of rotatable bonds is 9. The Morgan fingerprint density at radius 1 is 0.887 bits per heavy atom. The van der Waals surface area contributed by atoms with Gasteiger partial charge in [0.15, 0.2) is 0 Å². The van der Waals surface area contributed by atoms with Crippen molar-refractivity contribution in [2.24, 2.45) is 4.99 Å². The van der Waals surface area contributed by atoms with E-state index < -0.39 is 22.1 Å². The summed E-state index contributed by atoms with van der Waals surface area (Å²) in [6, 6.07) is 16.4. The fraction of sp³-hybridized carbons (Fsp3) is 0.432. The third-order valence-corrected chi connectivity index (χ3v) is 12.1. The molecule has 2 fully saturated rings. The van der Waals surface area contributed by atoms with Gasteiger partial charge in [0.1, 0.15) is 17.6 Å². The smallest absolute Gasteiger partial charge is 0.326 e. The minimum Gasteiger partial charge on any atom is -0.493 e. The second-order valence-electron chi connectivity index (χ2n) is 13.2. The number of aryl methyl sites for hydroxylation is 1. The van der Waals surface area contributed by atoms with E-state index in [1.807, 2.05) is 36.1 Å². The number of nitrogens with zero attached hydrogens (tertiary/aromatic N) is 6. The van der Waals surface area contributed by atoms with E-state index in [0.717, 1.165) is 15.4 Å². The van der Waals surface area contributed by atoms with Crippen molar-refractivity contribution in [3.05, 3.63) is 93.0 Å². The van der Waals surface area contributed by atoms with Crippen LogP contribution in [0.25, 0.3) is 0 Å². The first-order chi connectivity index (χ1) is 24.9. The van der Waals surface area contributed by atoms with Crippen molar-refractivity contribution in [2.75, 3.05) is 79.7 Å². The molecule has 0 aromatic heterocycles. The van der Waals surface area contributed by atoms with Gasteiger partial charge in [0, 0.05) is 63.4 Å². The number of urea groups is 1. The first-order valence-corrected chi connectivity index (χ1v) is 19.5. The summed E-state index contributed by atoms with van der Waals surface area (Å²) in [7, 11) is -0.916. The monoisotopic (exact) mass is 806 g/mol. The van der Waals surface area contributed by atoms with Gasteiger partial charge in [0.2, 0.25) is 15.9 Å². The van der Waals surface area contributed by atoms with Gasteiger partial charge in [0.05, 0.1) is 42.9 Å². The molecule has 3 aliphatic heterocycles. The molecule has 0 aliphatic carbocycles. The van der Waals surface area contributed by atoms with Crippen molar-refractivity contribution in [2.45, 2.75) is 30.8 Å². The number of hydrogen-bond donors (Lipinski definition) is 0. The van der Waals surface area contributed by atoms with Crippen LogP contribution in [0.5, 0.6) is 5.75 Å². The number of hydrogen-bond acceptors (Lipinski definition) is 8. The van der Waals surface area contributed by atoms with Crippen molar-refractivity contribution >= 4 is 63.4 Å². The molecule has 286 valence electrons. The van der Waals surface area contributed by atoms with Gasteiger partial charge in [-0.25, -0.2) is 17.5 Å². The first-order valence-electron chi connectivity index (χ1n) is 17.3. The molecule has 3 aromatic rings. The number of carbonyl (C=O) groups excluding carboxylic acids is 2. The summed E-state index contributed by atoms with van der Waals surface area (Å²) in [6.45, 7) is 8.15. The molecule has 0 saturated carbocycles. The van der Waals surface area contributed by atoms with E-state index in [1.54, 1.807) is 53.1 Å². The largest absolute Gasteiger partial charge is 0.493 e. The standard InChI is InChI=1S/C37H44Cl2N6O6S.ClH/c1-5-51-31-22-25(2)32(52(48,49)41(3)4)23-30(31)36-40-34(26-6-10-28(38)11-7-26)35(27-8-12-29(39)13-9-27)45(36)37(47)44-16-14-42(15-17-44)24-33(46)43-18-20-50-21-19-43;/h6-13,22-23,34-35H,5,14-21,24H2,1-4H3;1H/t34-,35+;/m0./s1. The van der Waals surface area contributed by atoms with Crippen molar-refractivity contribution in [1.82, 2.24) is 23.9 Å². The van der Waals surface area contributed by atoms with Crippen LogP contribution in [0.15, 0.2) is 70.6 Å². The number of aliphatic imine (C=N–C) groups is 1. The Labute approximate surface area is 327 Å². The first kappa shape index (κ1) is 40.7. The molecule has 3 aromatic carbocycles. The Balaban J connectivity index is 0.00000541. The van der Waals surface area contributed by atoms with Crippen LogP contribution < -0.4 is 4.74 Å². The molecule has 3 heterocycles. The van der Waals surface area contributed by atoms with E-state index in [4.69, 9.17) is 37.7 Å². The Hall–Kier alpha value is -3.43. The van der Waals surface area contributed by atoms with E-state index in [-0.39, 0.29) is 41.6 Å². The van der Waals surface area contributed by atoms with E-state index in [0.29, 0.717) is 86.0 Å². The lowest BCUT2D eigenvalue weighted by atomic mass is 9.93. The van der Waals surface area contributed by atoms with Crippen molar-refractivity contribution in [1.29, 1.82) is 0 Å². The van der Waals surface area contributed by atoms with Crippen LogP contribution in [-0.4, -0.2) is 130 Å². The molecule has 3 amide bonds. The molecule has 0 bridgehead atoms. The molecule has 16 heteroatoms. The van der Waals surface area contributed by atoms with Crippen LogP contribution in [0, 0.1) is 6.92 Å². The molecule has 0 spiro atoms. The number of ether oxygens (including phenoxy) is 2. The highest BCUT2D eigenvalue weighted by molar-refractivity contribution is 7.89. The molecular formula is C37H45Cl3N6O6S. The lowest BCUT2D eigenvalue weighted by Gasteiger charge is -2.39. The van der Waals surface area contributed by atoms with E-state index in [2.05, 4.69) is 4.90 Å². The van der Waals surface area contributed by atoms with Crippen LogP contribution in [0.1, 0.15) is 41.3 Å². The zero-order valence-electron chi connectivity index (χ0n) is 30.2. The highest BCUT2D eigenvalue weighted by atomic mass is 35.5. The third kappa shape index (κ3) is 8.77. The number of benzene rings is 3. The number of morpholine rings is 1. The molecule has 0 unspecified atom stereocenters. The van der Waals surface area contributed by atoms with E-state index >= 15 is 4.79 Å². The van der Waals surface area contributed by atoms with Gasteiger partial charge in [-0.2, -0.15) is 0 Å². The highest BCUT2D eigenvalue weighted by Crippen LogP contribution is 2.46. The Morgan fingerprint density at radius 2 is 1.47 bits per heavy atom. The predicted molar refractivity (Wildman–Crippen MR) is 208 cm³/mol. The maximum absolute atomic E-state index is 15.0. The highest BCUT2D eigenvalue weighted by Gasteiger charge is 2.45. The Morgan fingerprint density at radius 3 is 2.04 bits per heavy atom. The lowest BCUT2D eigenvalue weighted by Crippen LogP contribution is -2.56. The van der Waals surface area contributed by atoms with Crippen LogP contribution in [0.2, 0.25) is 10.0 Å². The van der Waals surface area contributed by atoms with Gasteiger partial charge >= 0.3 is 6.03 Å². The maximum Gasteiger partial charge on any atom is 0.326 e. The molecule has 2 saturated heterocycles. The molecule has 53 heavy (non-hydrogen) atoms. The molecule has 12 nitrogen and oxygen atoms in total. The predicted octanol–water partition coefficient (Wildman–Crippen LogP) is 5.51. The van der Waals surface area contributed by atoms with Crippen molar-refractivity contribution in [3.8, 4) is 5.75 Å². The summed E-state index contributed by atoms with van der Waals surface area (Å²) < 4.78 is 39.9. The van der Waals surface area contributed by atoms with E-state index in [1.165, 1.54) is 14.1 Å². The second-order valence-corrected chi connectivity index (χ2v) is 16.2. The van der Waals surface area contributed by atoms with E-state index in [9.17, 15) is 13.2 Å². The Kier molecular flexibility index (Phi) is 13.3. The zero-order valence-corrected chi connectivity index (χ0v) is 33.3. The maximum atomic E-state index is 15.0. The summed E-state index contributed by atoms with van der Waals surface area (Å²) >= 11 is 12.6. The molecule has 2 atom stereocenters. The van der Waals surface area contributed by atoms with Crippen molar-refractivity contribution < 1.29 is 27.5 Å². The molecule has 3 aliphatic rings. The fourth-order valence-corrected chi connectivity index (χ4v) is 8.17. The second kappa shape index (κ2) is 17.4. The Bertz CT molecular complexity index is 1920. The average Bonchev–Trinajstić information content (AvgIpc) is 3.53. The van der Waals surface area contributed by atoms with Crippen LogP contribution in [-0.2, 0) is 19.6 Å². The number of piperazine rings is 1. The molecule has 6 rings (SSSR count). The van der Waals surface area contributed by atoms with Crippen LogP contribution >= 0.6 is 35.6 Å². The lowest BCUT2D eigenvalue weighted by molar-refractivity contribution is -0.136. The summed E-state index contributed by atoms with van der Waals surface area (Å²) in [4.78, 5) is 40.7. The fourth-order valence-electron chi connectivity index (χ4n) is 6.79. The summed E-state index contributed by atoms with van der Waals surface area (Å²) in [6.07, 6.45) is 0. The van der Waals surface area contributed by atoms with Gasteiger partial charge < -0.3 is 19.3 Å². The average molecular weight is 808 g/mol. The number of halogens is 3. The quantitative estimate of drug-likeness (QED) is 0.280. The van der Waals surface area contributed by atoms with Gasteiger partial charge in [0.25, 0.3) is 0 Å². The number of amidine groups is 1. The summed E-state index contributed by atoms with van der Waals surface area (Å²) in [5, 5.41) is 1.10. The zero-order chi connectivity index (χ0) is 37.2. The van der Waals surface area contributed by atoms with Crippen LogP contribution in [0.3, 0.4) is 0 Å². The molecular weight excluding hydrogens is 763 g/mol. The van der Waals surface area contributed by atoms with Crippen LogP contribution in [0.4, 0.5) is 4.79 Å². The minimum atomic E-state index is -3.88. The number of carbonyl (C=O) groups is 2. The number of amides is 3. The van der Waals surface area contributed by atoms with Gasteiger partial charge in [-0.1, -0.05) is 47.5 Å². The minimum absolute atomic E-state index is 0. The number of sulfonamides is 1. The molecule has 0 N–H and O–H groups in total. The van der Waals surface area contributed by atoms with Crippen molar-refractivity contribution in [3.63, 3.8) is 0 Å². The summed E-state index contributed by atoms with van der Waals surface area (Å²) in [5.74, 6) is 0.748. The summed E-state index contributed by atoms with van der Waals surface area (Å²) in [5.41, 5.74) is 2.49. The van der Waals surface area contributed by atoms with Gasteiger partial charge in [-0.05, 0) is 66.9 Å².